The van der Waals surface area contributed by atoms with Crippen LogP contribution in [0.3, 0.4) is 0 Å². The quantitative estimate of drug-likeness (QED) is 0.394. The number of carbonyl (C=O) groups excluding carboxylic acids is 3. The molecule has 0 aliphatic heterocycles. The Hall–Kier alpha value is -2.65. The second-order valence-corrected chi connectivity index (χ2v) is 5.07. The molecule has 0 aliphatic carbocycles. The molecule has 0 saturated carbocycles. The van der Waals surface area contributed by atoms with E-state index in [4.69, 9.17) is 15.6 Å². The summed E-state index contributed by atoms with van der Waals surface area (Å²) in [6.07, 6.45) is -2.18. The van der Waals surface area contributed by atoms with Gasteiger partial charge in [-0.2, -0.15) is 0 Å². The lowest BCUT2D eigenvalue weighted by Crippen LogP contribution is -2.57. The molecule has 0 spiro atoms. The molecule has 0 aromatic heterocycles. The number of primary amides is 1. The molecule has 0 saturated heterocycles. The highest BCUT2D eigenvalue weighted by atomic mass is 16.5. The molecule has 9 heteroatoms. The van der Waals surface area contributed by atoms with Crippen molar-refractivity contribution < 1.29 is 29.3 Å². The van der Waals surface area contributed by atoms with Crippen molar-refractivity contribution in [1.82, 2.24) is 10.6 Å². The molecule has 9 nitrogen and oxygen atoms in total. The molecule has 0 heterocycles. The SMILES string of the molecule is C[C@@H](O)[C@H](NC(=O)OCc1ccccc1)C(=O)N[C@@H](CO)C(N)=O. The number of carbonyl (C=O) groups is 3. The summed E-state index contributed by atoms with van der Waals surface area (Å²) in [5.41, 5.74) is 5.75. The first-order chi connectivity index (χ1) is 11.3. The van der Waals surface area contributed by atoms with Gasteiger partial charge in [-0.1, -0.05) is 30.3 Å². The van der Waals surface area contributed by atoms with Crippen molar-refractivity contribution in [1.29, 1.82) is 0 Å². The number of alkyl carbamates (subject to hydrolysis) is 1. The average molecular weight is 339 g/mol. The zero-order chi connectivity index (χ0) is 18.1. The summed E-state index contributed by atoms with van der Waals surface area (Å²) in [5.74, 6) is -1.82. The minimum absolute atomic E-state index is 0.0125. The average Bonchev–Trinajstić information content (AvgIpc) is 2.55. The predicted octanol–water partition coefficient (Wildman–Crippen LogP) is -1.38. The highest BCUT2D eigenvalue weighted by molar-refractivity contribution is 5.91. The summed E-state index contributed by atoms with van der Waals surface area (Å²) in [6.45, 7) is 0.563. The number of aliphatic hydroxyl groups is 2. The van der Waals surface area contributed by atoms with E-state index in [0.717, 1.165) is 5.56 Å². The first-order valence-electron chi connectivity index (χ1n) is 7.21. The van der Waals surface area contributed by atoms with Crippen LogP contribution in [0.5, 0.6) is 0 Å². The van der Waals surface area contributed by atoms with Gasteiger partial charge in [-0.3, -0.25) is 9.59 Å². The number of ether oxygens (including phenoxy) is 1. The summed E-state index contributed by atoms with van der Waals surface area (Å²) in [6, 6.07) is 6.19. The Morgan fingerprint density at radius 1 is 1.21 bits per heavy atom. The first-order valence-corrected chi connectivity index (χ1v) is 7.21. The van der Waals surface area contributed by atoms with Crippen molar-refractivity contribution in [3.63, 3.8) is 0 Å². The van der Waals surface area contributed by atoms with E-state index < -0.39 is 42.7 Å². The second-order valence-electron chi connectivity index (χ2n) is 5.07. The van der Waals surface area contributed by atoms with Crippen LogP contribution in [0.1, 0.15) is 12.5 Å². The molecule has 3 atom stereocenters. The molecule has 0 bridgehead atoms. The zero-order valence-electron chi connectivity index (χ0n) is 13.1. The van der Waals surface area contributed by atoms with E-state index in [1.165, 1.54) is 6.92 Å². The Balaban J connectivity index is 2.59. The maximum atomic E-state index is 12.0. The number of aliphatic hydroxyl groups excluding tert-OH is 2. The van der Waals surface area contributed by atoms with Gasteiger partial charge < -0.3 is 31.3 Å². The number of amides is 3. The Morgan fingerprint density at radius 2 is 1.83 bits per heavy atom. The van der Waals surface area contributed by atoms with E-state index in [2.05, 4.69) is 10.6 Å². The van der Waals surface area contributed by atoms with E-state index in [-0.39, 0.29) is 6.61 Å². The fourth-order valence-corrected chi connectivity index (χ4v) is 1.77. The van der Waals surface area contributed by atoms with Crippen LogP contribution in [0.15, 0.2) is 30.3 Å². The summed E-state index contributed by atoms with van der Waals surface area (Å²) in [7, 11) is 0. The molecule has 24 heavy (non-hydrogen) atoms. The second kappa shape index (κ2) is 9.48. The van der Waals surface area contributed by atoms with Gasteiger partial charge in [0.1, 0.15) is 18.7 Å². The number of nitrogens with one attached hydrogen (secondary N) is 2. The molecule has 1 rings (SSSR count). The minimum Gasteiger partial charge on any atom is -0.445 e. The Morgan fingerprint density at radius 3 is 2.33 bits per heavy atom. The molecule has 3 amide bonds. The lowest BCUT2D eigenvalue weighted by atomic mass is 10.1. The van der Waals surface area contributed by atoms with Gasteiger partial charge >= 0.3 is 6.09 Å². The van der Waals surface area contributed by atoms with E-state index in [0.29, 0.717) is 0 Å². The summed E-state index contributed by atoms with van der Waals surface area (Å²) >= 11 is 0. The van der Waals surface area contributed by atoms with Crippen LogP contribution in [0.2, 0.25) is 0 Å². The van der Waals surface area contributed by atoms with Crippen LogP contribution >= 0.6 is 0 Å². The smallest absolute Gasteiger partial charge is 0.408 e. The zero-order valence-corrected chi connectivity index (χ0v) is 13.1. The van der Waals surface area contributed by atoms with Crippen LogP contribution in [-0.4, -0.2) is 52.9 Å². The Kier molecular flexibility index (Phi) is 7.66. The maximum Gasteiger partial charge on any atom is 0.408 e. The normalized spacial score (nSPS) is 14.1. The van der Waals surface area contributed by atoms with Crippen LogP contribution in [0.4, 0.5) is 4.79 Å². The van der Waals surface area contributed by atoms with Crippen molar-refractivity contribution in [2.45, 2.75) is 31.7 Å². The van der Waals surface area contributed by atoms with Gasteiger partial charge in [0, 0.05) is 0 Å². The Bertz CT molecular complexity index is 564. The summed E-state index contributed by atoms with van der Waals surface area (Å²) < 4.78 is 4.96. The highest BCUT2D eigenvalue weighted by Gasteiger charge is 2.29. The Labute approximate surface area is 138 Å². The van der Waals surface area contributed by atoms with E-state index >= 15 is 0 Å². The lowest BCUT2D eigenvalue weighted by molar-refractivity contribution is -0.131. The van der Waals surface area contributed by atoms with Crippen molar-refractivity contribution in [2.24, 2.45) is 5.73 Å². The number of nitrogens with two attached hydrogens (primary N) is 1. The monoisotopic (exact) mass is 339 g/mol. The molecule has 6 N–H and O–H groups in total. The molecule has 1 aromatic rings. The first kappa shape index (κ1) is 19.4. The van der Waals surface area contributed by atoms with Crippen LogP contribution in [0.25, 0.3) is 0 Å². The van der Waals surface area contributed by atoms with Gasteiger partial charge in [0.15, 0.2) is 0 Å². The van der Waals surface area contributed by atoms with Gasteiger partial charge in [0.05, 0.1) is 12.7 Å². The molecule has 132 valence electrons. The molecule has 0 fully saturated rings. The van der Waals surface area contributed by atoms with Gasteiger partial charge in [-0.05, 0) is 12.5 Å². The van der Waals surface area contributed by atoms with Crippen LogP contribution < -0.4 is 16.4 Å². The third kappa shape index (κ3) is 6.23. The maximum absolute atomic E-state index is 12.0. The summed E-state index contributed by atoms with van der Waals surface area (Å²) in [5, 5.41) is 22.9. The molecule has 0 radical (unpaired) electrons. The number of benzene rings is 1. The molecule has 0 aliphatic rings. The van der Waals surface area contributed by atoms with Gasteiger partial charge in [0.2, 0.25) is 11.8 Å². The predicted molar refractivity (Wildman–Crippen MR) is 83.4 cm³/mol. The van der Waals surface area contributed by atoms with Crippen molar-refractivity contribution >= 4 is 17.9 Å². The fourth-order valence-electron chi connectivity index (χ4n) is 1.77. The van der Waals surface area contributed by atoms with Crippen molar-refractivity contribution in [3.05, 3.63) is 35.9 Å². The highest BCUT2D eigenvalue weighted by Crippen LogP contribution is 2.02. The number of hydrogen-bond acceptors (Lipinski definition) is 6. The third-order valence-electron chi connectivity index (χ3n) is 3.09. The third-order valence-corrected chi connectivity index (χ3v) is 3.09. The fraction of sp³-hybridized carbons (Fsp3) is 0.400. The lowest BCUT2D eigenvalue weighted by Gasteiger charge is -2.22. The van der Waals surface area contributed by atoms with Crippen molar-refractivity contribution in [2.75, 3.05) is 6.61 Å². The number of rotatable bonds is 8. The van der Waals surface area contributed by atoms with E-state index in [1.54, 1.807) is 24.3 Å². The van der Waals surface area contributed by atoms with Crippen molar-refractivity contribution in [3.8, 4) is 0 Å². The van der Waals surface area contributed by atoms with E-state index in [1.807, 2.05) is 6.07 Å². The van der Waals surface area contributed by atoms with E-state index in [9.17, 15) is 19.5 Å². The van der Waals surface area contributed by atoms with Gasteiger partial charge in [-0.15, -0.1) is 0 Å². The van der Waals surface area contributed by atoms with Crippen LogP contribution in [0, 0.1) is 0 Å². The van der Waals surface area contributed by atoms with Crippen LogP contribution in [-0.2, 0) is 20.9 Å². The van der Waals surface area contributed by atoms with Gasteiger partial charge in [0.25, 0.3) is 0 Å². The molecular weight excluding hydrogens is 318 g/mol. The standard InChI is InChI=1S/C15H21N3O6/c1-9(20)12(14(22)17-11(7-19)13(16)21)18-15(23)24-8-10-5-3-2-4-6-10/h2-6,9,11-12,19-20H,7-8H2,1H3,(H2,16,21)(H,17,22)(H,18,23)/t9-,11+,12+/m1/s1. The van der Waals surface area contributed by atoms with Gasteiger partial charge in [-0.25, -0.2) is 4.79 Å². The summed E-state index contributed by atoms with van der Waals surface area (Å²) in [4.78, 5) is 34.8. The minimum atomic E-state index is -1.37. The molecular formula is C15H21N3O6. The molecule has 0 unspecified atom stereocenters. The molecule has 1 aromatic carbocycles. The topological polar surface area (TPSA) is 151 Å². The largest absolute Gasteiger partial charge is 0.445 e. The number of hydrogen-bond donors (Lipinski definition) is 5.